The Hall–Kier alpha value is -4.27. The van der Waals surface area contributed by atoms with Gasteiger partial charge in [0.2, 0.25) is 0 Å². The number of carbonyl (C=O) groups excluding carboxylic acids is 1. The van der Waals surface area contributed by atoms with Crippen LogP contribution in [0.5, 0.6) is 0 Å². The highest BCUT2D eigenvalue weighted by atomic mass is 32.1. The molecule has 0 unspecified atom stereocenters. The summed E-state index contributed by atoms with van der Waals surface area (Å²) in [6.45, 7) is 3.69. The van der Waals surface area contributed by atoms with E-state index in [2.05, 4.69) is 44.8 Å². The van der Waals surface area contributed by atoms with Gasteiger partial charge >= 0.3 is 0 Å². The van der Waals surface area contributed by atoms with Crippen molar-refractivity contribution >= 4 is 28.6 Å². The molecule has 0 fully saturated rings. The largest absolute Gasteiger partial charge is 0.397 e. The number of carbonyl (C=O) groups is 1. The summed E-state index contributed by atoms with van der Waals surface area (Å²) in [5, 5.41) is 13.7. The first-order valence-electron chi connectivity index (χ1n) is 12.7. The summed E-state index contributed by atoms with van der Waals surface area (Å²) in [5.41, 5.74) is 13.3. The highest BCUT2D eigenvalue weighted by molar-refractivity contribution is 7.13. The Morgan fingerprint density at radius 3 is 2.71 bits per heavy atom. The lowest BCUT2D eigenvalue weighted by molar-refractivity contribution is 0.102. The smallest absolute Gasteiger partial charge is 0.255 e. The van der Waals surface area contributed by atoms with E-state index < -0.39 is 0 Å². The van der Waals surface area contributed by atoms with Crippen LogP contribution >= 0.6 is 11.3 Å². The van der Waals surface area contributed by atoms with Gasteiger partial charge in [0, 0.05) is 35.6 Å². The van der Waals surface area contributed by atoms with Crippen molar-refractivity contribution in [2.75, 3.05) is 24.1 Å². The van der Waals surface area contributed by atoms with Gasteiger partial charge in [-0.05, 0) is 58.8 Å². The van der Waals surface area contributed by atoms with Crippen molar-refractivity contribution in [3.05, 3.63) is 107 Å². The molecule has 8 heteroatoms. The minimum absolute atomic E-state index is 0.223. The number of amides is 1. The molecule has 2 aromatic heterocycles. The number of rotatable bonds is 7. The SMILES string of the molecule is Nc1ccc(-c2cccs2)cc1NC(=O)c1cccc(-c2cn(CCN3CCc4ccccc4C3)nn2)c1. The fourth-order valence-corrected chi connectivity index (χ4v) is 5.53. The van der Waals surface area contributed by atoms with Gasteiger partial charge in [-0.15, -0.1) is 16.4 Å². The summed E-state index contributed by atoms with van der Waals surface area (Å²) >= 11 is 1.65. The molecule has 1 aliphatic rings. The van der Waals surface area contributed by atoms with Gasteiger partial charge in [-0.2, -0.15) is 0 Å². The average Bonchev–Trinajstić information content (AvgIpc) is 3.66. The molecular formula is C30H28N6OS. The van der Waals surface area contributed by atoms with E-state index in [1.54, 1.807) is 17.4 Å². The maximum Gasteiger partial charge on any atom is 0.255 e. The van der Waals surface area contributed by atoms with Gasteiger partial charge in [0.15, 0.2) is 0 Å². The number of hydrogen-bond acceptors (Lipinski definition) is 6. The summed E-state index contributed by atoms with van der Waals surface area (Å²) < 4.78 is 1.87. The van der Waals surface area contributed by atoms with Gasteiger partial charge in [0.25, 0.3) is 5.91 Å². The minimum atomic E-state index is -0.223. The van der Waals surface area contributed by atoms with Gasteiger partial charge in [-0.3, -0.25) is 14.4 Å². The molecule has 38 heavy (non-hydrogen) atoms. The number of nitrogens with two attached hydrogens (primary N) is 1. The van der Waals surface area contributed by atoms with E-state index in [0.29, 0.717) is 16.9 Å². The first-order chi connectivity index (χ1) is 18.6. The molecule has 3 heterocycles. The van der Waals surface area contributed by atoms with Crippen LogP contribution in [0.1, 0.15) is 21.5 Å². The van der Waals surface area contributed by atoms with Crippen LogP contribution in [0.25, 0.3) is 21.7 Å². The summed E-state index contributed by atoms with van der Waals surface area (Å²) in [7, 11) is 0. The third-order valence-corrected chi connectivity index (χ3v) is 7.84. The fourth-order valence-electron chi connectivity index (χ4n) is 4.80. The Labute approximate surface area is 225 Å². The Morgan fingerprint density at radius 2 is 1.84 bits per heavy atom. The molecule has 0 spiro atoms. The molecule has 0 radical (unpaired) electrons. The number of hydrogen-bond donors (Lipinski definition) is 2. The second-order valence-electron chi connectivity index (χ2n) is 9.48. The Bertz CT molecular complexity index is 1580. The molecule has 0 bridgehead atoms. The number of fused-ring (bicyclic) bond motifs is 1. The van der Waals surface area contributed by atoms with Crippen molar-refractivity contribution in [1.29, 1.82) is 0 Å². The lowest BCUT2D eigenvalue weighted by Crippen LogP contribution is -2.33. The second kappa shape index (κ2) is 10.6. The third-order valence-electron chi connectivity index (χ3n) is 6.92. The molecule has 3 N–H and O–H groups in total. The Morgan fingerprint density at radius 1 is 0.947 bits per heavy atom. The predicted octanol–water partition coefficient (Wildman–Crippen LogP) is 5.57. The van der Waals surface area contributed by atoms with Gasteiger partial charge in [0.05, 0.1) is 24.1 Å². The van der Waals surface area contributed by atoms with E-state index in [1.807, 2.05) is 64.8 Å². The Kier molecular flexibility index (Phi) is 6.73. The van der Waals surface area contributed by atoms with Crippen LogP contribution in [0.3, 0.4) is 0 Å². The quantitative estimate of drug-likeness (QED) is 0.274. The molecule has 5 aromatic rings. The normalized spacial score (nSPS) is 13.3. The van der Waals surface area contributed by atoms with E-state index in [1.165, 1.54) is 11.1 Å². The molecule has 0 saturated heterocycles. The van der Waals surface area contributed by atoms with Crippen molar-refractivity contribution in [3.8, 4) is 21.7 Å². The van der Waals surface area contributed by atoms with Crippen LogP contribution in [-0.2, 0) is 19.5 Å². The van der Waals surface area contributed by atoms with Gasteiger partial charge in [-0.25, -0.2) is 0 Å². The van der Waals surface area contributed by atoms with Crippen LogP contribution in [-0.4, -0.2) is 38.9 Å². The molecule has 6 rings (SSSR count). The standard InChI is InChI=1S/C30H28N6OS/c31-26-11-10-23(29-9-4-16-38-29)18-27(26)32-30(37)24-8-3-7-22(17-24)28-20-36(34-33-28)15-14-35-13-12-21-5-1-2-6-25(21)19-35/h1-11,16-18,20H,12-15,19,31H2,(H,32,37). The monoisotopic (exact) mass is 520 g/mol. The topological polar surface area (TPSA) is 89.1 Å². The molecular weight excluding hydrogens is 492 g/mol. The van der Waals surface area contributed by atoms with Gasteiger partial charge in [0.1, 0.15) is 5.69 Å². The van der Waals surface area contributed by atoms with Crippen molar-refractivity contribution < 1.29 is 4.79 Å². The summed E-state index contributed by atoms with van der Waals surface area (Å²) in [4.78, 5) is 16.7. The zero-order valence-corrected chi connectivity index (χ0v) is 21.7. The number of benzene rings is 3. The highest BCUT2D eigenvalue weighted by Gasteiger charge is 2.16. The average molecular weight is 521 g/mol. The maximum absolute atomic E-state index is 13.1. The fraction of sp³-hybridized carbons (Fsp3) is 0.167. The second-order valence-corrected chi connectivity index (χ2v) is 10.4. The van der Waals surface area contributed by atoms with Crippen LogP contribution in [0.4, 0.5) is 11.4 Å². The van der Waals surface area contributed by atoms with E-state index >= 15 is 0 Å². The van der Waals surface area contributed by atoms with Crippen molar-refractivity contribution in [1.82, 2.24) is 19.9 Å². The Balaban J connectivity index is 1.11. The van der Waals surface area contributed by atoms with Gasteiger partial charge < -0.3 is 11.1 Å². The molecule has 190 valence electrons. The van der Waals surface area contributed by atoms with E-state index in [9.17, 15) is 4.79 Å². The first kappa shape index (κ1) is 24.1. The van der Waals surface area contributed by atoms with Gasteiger partial charge in [-0.1, -0.05) is 53.7 Å². The molecule has 0 atom stereocenters. The van der Waals surface area contributed by atoms with Crippen LogP contribution in [0.2, 0.25) is 0 Å². The van der Waals surface area contributed by atoms with Crippen LogP contribution < -0.4 is 11.1 Å². The molecule has 0 aliphatic carbocycles. The number of thiophene rings is 1. The maximum atomic E-state index is 13.1. The lowest BCUT2D eigenvalue weighted by atomic mass is 10.00. The third kappa shape index (κ3) is 5.22. The number of nitrogens with zero attached hydrogens (tertiary/aromatic N) is 4. The minimum Gasteiger partial charge on any atom is -0.397 e. The van der Waals surface area contributed by atoms with E-state index in [-0.39, 0.29) is 5.91 Å². The lowest BCUT2D eigenvalue weighted by Gasteiger charge is -2.28. The zero-order valence-electron chi connectivity index (χ0n) is 20.9. The number of nitrogens with one attached hydrogen (secondary N) is 1. The number of anilines is 2. The predicted molar refractivity (Wildman–Crippen MR) is 153 cm³/mol. The summed E-state index contributed by atoms with van der Waals surface area (Å²) in [5.74, 6) is -0.223. The molecule has 3 aromatic carbocycles. The van der Waals surface area contributed by atoms with Crippen molar-refractivity contribution in [2.45, 2.75) is 19.5 Å². The molecule has 1 aliphatic heterocycles. The van der Waals surface area contributed by atoms with Crippen molar-refractivity contribution in [2.24, 2.45) is 0 Å². The van der Waals surface area contributed by atoms with Crippen LogP contribution in [0, 0.1) is 0 Å². The first-order valence-corrected chi connectivity index (χ1v) is 13.5. The van der Waals surface area contributed by atoms with E-state index in [4.69, 9.17) is 5.73 Å². The molecule has 1 amide bonds. The summed E-state index contributed by atoms with van der Waals surface area (Å²) in [6, 6.07) is 25.8. The molecule has 7 nitrogen and oxygen atoms in total. The summed E-state index contributed by atoms with van der Waals surface area (Å²) in [6.07, 6.45) is 3.02. The number of aromatic nitrogens is 3. The van der Waals surface area contributed by atoms with Crippen LogP contribution in [0.15, 0.2) is 90.4 Å². The molecule has 0 saturated carbocycles. The number of nitrogen functional groups attached to an aromatic ring is 1. The highest BCUT2D eigenvalue weighted by Crippen LogP contribution is 2.30. The van der Waals surface area contributed by atoms with E-state index in [0.717, 1.165) is 54.3 Å². The zero-order chi connectivity index (χ0) is 25.9. The van der Waals surface area contributed by atoms with Crippen molar-refractivity contribution in [3.63, 3.8) is 0 Å².